The van der Waals surface area contributed by atoms with Crippen molar-refractivity contribution in [2.75, 3.05) is 7.11 Å². The molecular formula is C13H13NO4S. The maximum absolute atomic E-state index is 11.8. The van der Waals surface area contributed by atoms with E-state index in [1.807, 2.05) is 12.1 Å². The number of benzene rings is 1. The van der Waals surface area contributed by atoms with Crippen LogP contribution in [-0.4, -0.2) is 22.8 Å². The zero-order chi connectivity index (χ0) is 14.0. The van der Waals surface area contributed by atoms with Gasteiger partial charge in [0.25, 0.3) is 0 Å². The maximum atomic E-state index is 11.8. The van der Waals surface area contributed by atoms with Crippen molar-refractivity contribution < 1.29 is 14.6 Å². The number of aromatic nitrogens is 1. The number of hydrogen-bond donors (Lipinski definition) is 1. The van der Waals surface area contributed by atoms with Gasteiger partial charge in [-0.2, -0.15) is 0 Å². The first-order valence-corrected chi connectivity index (χ1v) is 6.41. The molecule has 0 aliphatic rings. The fourth-order valence-electron chi connectivity index (χ4n) is 1.80. The number of carbonyl (C=O) groups is 1. The summed E-state index contributed by atoms with van der Waals surface area (Å²) in [6.45, 7) is 1.44. The normalized spacial score (nSPS) is 10.4. The van der Waals surface area contributed by atoms with E-state index >= 15 is 0 Å². The molecule has 0 aliphatic heterocycles. The molecule has 0 saturated carbocycles. The van der Waals surface area contributed by atoms with Gasteiger partial charge in [0.2, 0.25) is 0 Å². The Balaban J connectivity index is 2.45. The second-order valence-corrected chi connectivity index (χ2v) is 4.95. The third-order valence-electron chi connectivity index (χ3n) is 2.79. The van der Waals surface area contributed by atoms with E-state index in [1.165, 1.54) is 4.57 Å². The Kier molecular flexibility index (Phi) is 3.71. The van der Waals surface area contributed by atoms with Crippen LogP contribution in [0.15, 0.2) is 29.1 Å². The monoisotopic (exact) mass is 279 g/mol. The summed E-state index contributed by atoms with van der Waals surface area (Å²) in [5, 5.41) is 8.79. The molecule has 5 nitrogen and oxygen atoms in total. The van der Waals surface area contributed by atoms with Crippen LogP contribution < -0.4 is 9.61 Å². The summed E-state index contributed by atoms with van der Waals surface area (Å²) in [6.07, 6.45) is 0. The van der Waals surface area contributed by atoms with Gasteiger partial charge in [-0.05, 0) is 36.8 Å². The molecule has 1 heterocycles. The molecule has 0 spiro atoms. The number of methoxy groups -OCH3 is 1. The summed E-state index contributed by atoms with van der Waals surface area (Å²) in [5.74, 6) is -0.289. The minimum atomic E-state index is -1.02. The molecule has 0 aliphatic carbocycles. The minimum Gasteiger partial charge on any atom is -0.497 e. The number of thiazole rings is 1. The summed E-state index contributed by atoms with van der Waals surface area (Å²) in [5.41, 5.74) is 1.55. The van der Waals surface area contributed by atoms with E-state index < -0.39 is 5.97 Å². The second kappa shape index (κ2) is 5.27. The average Bonchev–Trinajstić information content (AvgIpc) is 2.66. The lowest BCUT2D eigenvalue weighted by molar-refractivity contribution is -0.137. The highest BCUT2D eigenvalue weighted by Gasteiger charge is 2.14. The zero-order valence-electron chi connectivity index (χ0n) is 10.5. The van der Waals surface area contributed by atoms with Crippen molar-refractivity contribution >= 4 is 17.3 Å². The van der Waals surface area contributed by atoms with Gasteiger partial charge in [-0.25, -0.2) is 0 Å². The van der Waals surface area contributed by atoms with Gasteiger partial charge in [-0.15, -0.1) is 0 Å². The van der Waals surface area contributed by atoms with Crippen molar-refractivity contribution in [3.8, 4) is 16.2 Å². The molecule has 0 atom stereocenters. The van der Waals surface area contributed by atoms with Gasteiger partial charge in [0.15, 0.2) is 0 Å². The standard InChI is InChI=1S/C13H13NO4S/c1-8-12(9-3-5-10(18-2)6-4-9)19-13(17)14(8)7-11(15)16/h3-6H,7H2,1-2H3,(H,15,16). The van der Waals surface area contributed by atoms with Crippen LogP contribution in [-0.2, 0) is 11.3 Å². The molecule has 19 heavy (non-hydrogen) atoms. The van der Waals surface area contributed by atoms with E-state index in [4.69, 9.17) is 9.84 Å². The predicted octanol–water partition coefficient (Wildman–Crippen LogP) is 1.98. The molecule has 0 saturated heterocycles. The predicted molar refractivity (Wildman–Crippen MR) is 72.9 cm³/mol. The number of nitrogens with zero attached hydrogens (tertiary/aromatic N) is 1. The third-order valence-corrected chi connectivity index (χ3v) is 3.92. The van der Waals surface area contributed by atoms with Gasteiger partial charge in [0.1, 0.15) is 12.3 Å². The summed E-state index contributed by atoms with van der Waals surface area (Å²) < 4.78 is 6.35. The Morgan fingerprint density at radius 2 is 2.00 bits per heavy atom. The SMILES string of the molecule is COc1ccc(-c2sc(=O)n(CC(=O)O)c2C)cc1. The Morgan fingerprint density at radius 1 is 1.37 bits per heavy atom. The van der Waals surface area contributed by atoms with Crippen molar-refractivity contribution in [1.82, 2.24) is 4.57 Å². The van der Waals surface area contributed by atoms with Crippen LogP contribution in [0.2, 0.25) is 0 Å². The highest BCUT2D eigenvalue weighted by molar-refractivity contribution is 7.13. The Bertz CT molecular complexity index is 654. The summed E-state index contributed by atoms with van der Waals surface area (Å²) >= 11 is 1.05. The molecule has 1 N–H and O–H groups in total. The molecule has 0 unspecified atom stereocenters. The first-order chi connectivity index (χ1) is 9.02. The summed E-state index contributed by atoms with van der Waals surface area (Å²) in [6, 6.07) is 7.31. The number of hydrogen-bond acceptors (Lipinski definition) is 4. The number of carboxylic acids is 1. The van der Waals surface area contributed by atoms with Gasteiger partial charge >= 0.3 is 10.8 Å². The smallest absolute Gasteiger partial charge is 0.323 e. The molecule has 6 heteroatoms. The minimum absolute atomic E-state index is 0.259. The zero-order valence-corrected chi connectivity index (χ0v) is 11.4. The van der Waals surface area contributed by atoms with Gasteiger partial charge in [0.05, 0.1) is 12.0 Å². The van der Waals surface area contributed by atoms with Gasteiger partial charge in [-0.3, -0.25) is 14.2 Å². The molecule has 2 rings (SSSR count). The molecule has 100 valence electrons. The van der Waals surface area contributed by atoms with Crippen LogP contribution in [0.5, 0.6) is 5.75 Å². The molecule has 1 aromatic carbocycles. The number of aliphatic carboxylic acids is 1. The van der Waals surface area contributed by atoms with E-state index in [9.17, 15) is 9.59 Å². The van der Waals surface area contributed by atoms with Crippen LogP contribution >= 0.6 is 11.3 Å². The topological polar surface area (TPSA) is 68.5 Å². The van der Waals surface area contributed by atoms with E-state index in [-0.39, 0.29) is 11.4 Å². The van der Waals surface area contributed by atoms with Gasteiger partial charge in [-0.1, -0.05) is 11.3 Å². The average molecular weight is 279 g/mol. The first kappa shape index (κ1) is 13.4. The fraction of sp³-hybridized carbons (Fsp3) is 0.231. The van der Waals surface area contributed by atoms with Crippen molar-refractivity contribution in [2.24, 2.45) is 0 Å². The van der Waals surface area contributed by atoms with E-state index in [1.54, 1.807) is 26.2 Å². The number of rotatable bonds is 4. The molecule has 0 amide bonds. The Hall–Kier alpha value is -2.08. The second-order valence-electron chi connectivity index (χ2n) is 3.99. The van der Waals surface area contributed by atoms with Crippen molar-refractivity contribution in [3.05, 3.63) is 39.6 Å². The highest BCUT2D eigenvalue weighted by Crippen LogP contribution is 2.28. The lowest BCUT2D eigenvalue weighted by Crippen LogP contribution is -2.19. The molecule has 0 fully saturated rings. The van der Waals surface area contributed by atoms with E-state index in [0.29, 0.717) is 5.69 Å². The number of ether oxygens (including phenoxy) is 1. The van der Waals surface area contributed by atoms with E-state index in [2.05, 4.69) is 0 Å². The third kappa shape index (κ3) is 2.68. The molecule has 0 bridgehead atoms. The van der Waals surface area contributed by atoms with Crippen LogP contribution in [0.3, 0.4) is 0 Å². The number of carboxylic acid groups (broad SMARTS) is 1. The van der Waals surface area contributed by atoms with Crippen molar-refractivity contribution in [2.45, 2.75) is 13.5 Å². The molecule has 2 aromatic rings. The van der Waals surface area contributed by atoms with Crippen molar-refractivity contribution in [3.63, 3.8) is 0 Å². The van der Waals surface area contributed by atoms with Crippen molar-refractivity contribution in [1.29, 1.82) is 0 Å². The lowest BCUT2D eigenvalue weighted by atomic mass is 10.1. The lowest BCUT2D eigenvalue weighted by Gasteiger charge is -2.04. The maximum Gasteiger partial charge on any atom is 0.323 e. The van der Waals surface area contributed by atoms with Crippen LogP contribution in [0.1, 0.15) is 5.69 Å². The Morgan fingerprint density at radius 3 is 2.53 bits per heavy atom. The molecular weight excluding hydrogens is 266 g/mol. The first-order valence-electron chi connectivity index (χ1n) is 5.59. The van der Waals surface area contributed by atoms with Gasteiger partial charge < -0.3 is 9.84 Å². The van der Waals surface area contributed by atoms with Gasteiger partial charge in [0, 0.05) is 5.69 Å². The van der Waals surface area contributed by atoms with Crippen LogP contribution in [0.4, 0.5) is 0 Å². The van der Waals surface area contributed by atoms with Crippen LogP contribution in [0, 0.1) is 6.92 Å². The summed E-state index contributed by atoms with van der Waals surface area (Å²) in [4.78, 5) is 23.0. The summed E-state index contributed by atoms with van der Waals surface area (Å²) in [7, 11) is 1.59. The van der Waals surface area contributed by atoms with E-state index in [0.717, 1.165) is 27.5 Å². The molecule has 0 radical (unpaired) electrons. The largest absolute Gasteiger partial charge is 0.497 e. The fourth-order valence-corrected chi connectivity index (χ4v) is 2.80. The highest BCUT2D eigenvalue weighted by atomic mass is 32.1. The van der Waals surface area contributed by atoms with Crippen LogP contribution in [0.25, 0.3) is 10.4 Å². The quantitative estimate of drug-likeness (QED) is 0.929. The molecule has 1 aromatic heterocycles. The Labute approximate surface area is 113 Å².